The third-order valence-corrected chi connectivity index (χ3v) is 5.12. The zero-order chi connectivity index (χ0) is 27.5. The summed E-state index contributed by atoms with van der Waals surface area (Å²) >= 11 is 0. The minimum absolute atomic E-state index is 0.00677. The second-order valence-electron chi connectivity index (χ2n) is 10.7. The van der Waals surface area contributed by atoms with Crippen LogP contribution in [0.3, 0.4) is 0 Å². The number of rotatable bonds is 8. The molecule has 36 heavy (non-hydrogen) atoms. The molecule has 1 aliphatic heterocycles. The topological polar surface area (TPSA) is 135 Å². The molecule has 4 amide bonds. The molecule has 4 N–H and O–H groups in total. The molecule has 0 radical (unpaired) electrons. The van der Waals surface area contributed by atoms with Crippen LogP contribution in [-0.4, -0.2) is 66.8 Å². The van der Waals surface area contributed by atoms with Crippen molar-refractivity contribution >= 4 is 23.8 Å². The van der Waals surface area contributed by atoms with Gasteiger partial charge < -0.3 is 30.7 Å². The van der Waals surface area contributed by atoms with Gasteiger partial charge in [0, 0.05) is 25.3 Å². The molecule has 1 aliphatic rings. The summed E-state index contributed by atoms with van der Waals surface area (Å²) in [6.45, 7) is 15.4. The monoisotopic (exact) mass is 508 g/mol. The summed E-state index contributed by atoms with van der Waals surface area (Å²) in [6.07, 6.45) is 5.36. The standard InChI is InChI=1S/C26H44N4O6/c1-16(2)15-35-18(5)22(30-25(34)36-26(6,7)8)24(33)29-20-11-9-10-14-27-21(31)13-12-19(17(3)4)28-23(20)32/h9,11-13,16-20,22H,10,14-15H2,1-8H3,(H,27,31)(H,28,32)(H,29,33)(H,30,34)/b11-9+,13-12+/t18-,19-,20+,22+/m1/s1. The van der Waals surface area contributed by atoms with Crippen LogP contribution in [-0.2, 0) is 23.9 Å². The third kappa shape index (κ3) is 12.2. The fourth-order valence-electron chi connectivity index (χ4n) is 3.17. The van der Waals surface area contributed by atoms with Crippen LogP contribution in [0.15, 0.2) is 24.3 Å². The highest BCUT2D eigenvalue weighted by atomic mass is 16.6. The zero-order valence-corrected chi connectivity index (χ0v) is 22.8. The number of hydrogen-bond donors (Lipinski definition) is 4. The normalized spacial score (nSPS) is 22.8. The minimum Gasteiger partial charge on any atom is -0.444 e. The fraction of sp³-hybridized carbons (Fsp3) is 0.692. The van der Waals surface area contributed by atoms with E-state index in [9.17, 15) is 19.2 Å². The predicted molar refractivity (Wildman–Crippen MR) is 138 cm³/mol. The second kappa shape index (κ2) is 14.6. The van der Waals surface area contributed by atoms with Crippen molar-refractivity contribution in [3.8, 4) is 0 Å². The van der Waals surface area contributed by atoms with E-state index >= 15 is 0 Å². The first-order valence-corrected chi connectivity index (χ1v) is 12.5. The van der Waals surface area contributed by atoms with Crippen molar-refractivity contribution in [2.24, 2.45) is 11.8 Å². The molecule has 0 aliphatic carbocycles. The van der Waals surface area contributed by atoms with Gasteiger partial charge in [0.25, 0.3) is 0 Å². The summed E-state index contributed by atoms with van der Waals surface area (Å²) in [6, 6.07) is -2.51. The molecule has 10 heteroatoms. The Labute approximate surface area is 215 Å². The fourth-order valence-corrected chi connectivity index (χ4v) is 3.17. The van der Waals surface area contributed by atoms with Gasteiger partial charge in [-0.3, -0.25) is 14.4 Å². The number of carbonyl (C=O) groups excluding carboxylic acids is 4. The van der Waals surface area contributed by atoms with Crippen LogP contribution in [0.25, 0.3) is 0 Å². The summed E-state index contributed by atoms with van der Waals surface area (Å²) in [5.41, 5.74) is -0.752. The number of hydrogen-bond acceptors (Lipinski definition) is 6. The van der Waals surface area contributed by atoms with Crippen molar-refractivity contribution in [1.82, 2.24) is 21.3 Å². The van der Waals surface area contributed by atoms with Crippen LogP contribution in [0.5, 0.6) is 0 Å². The van der Waals surface area contributed by atoms with Crippen LogP contribution < -0.4 is 21.3 Å². The Hall–Kier alpha value is -2.88. The van der Waals surface area contributed by atoms with E-state index in [0.29, 0.717) is 19.6 Å². The van der Waals surface area contributed by atoms with E-state index in [2.05, 4.69) is 21.3 Å². The van der Waals surface area contributed by atoms with Gasteiger partial charge in [0.2, 0.25) is 17.7 Å². The maximum absolute atomic E-state index is 13.3. The van der Waals surface area contributed by atoms with E-state index in [0.717, 1.165) is 0 Å². The highest BCUT2D eigenvalue weighted by Crippen LogP contribution is 2.10. The molecule has 0 unspecified atom stereocenters. The first-order chi connectivity index (χ1) is 16.7. The van der Waals surface area contributed by atoms with Crippen LogP contribution in [0.1, 0.15) is 61.8 Å². The van der Waals surface area contributed by atoms with Crippen LogP contribution >= 0.6 is 0 Å². The summed E-state index contributed by atoms with van der Waals surface area (Å²) < 4.78 is 11.1. The van der Waals surface area contributed by atoms with Crippen LogP contribution in [0.4, 0.5) is 4.79 Å². The molecule has 0 bridgehead atoms. The Balaban J connectivity index is 3.12. The van der Waals surface area contributed by atoms with Crippen molar-refractivity contribution in [3.05, 3.63) is 24.3 Å². The Morgan fingerprint density at radius 2 is 1.78 bits per heavy atom. The molecule has 1 heterocycles. The van der Waals surface area contributed by atoms with Gasteiger partial charge in [-0.15, -0.1) is 0 Å². The zero-order valence-electron chi connectivity index (χ0n) is 22.8. The number of carbonyl (C=O) groups is 4. The maximum atomic E-state index is 13.3. The van der Waals surface area contributed by atoms with Gasteiger partial charge in [-0.2, -0.15) is 0 Å². The van der Waals surface area contributed by atoms with Crippen molar-refractivity contribution in [2.75, 3.05) is 13.2 Å². The van der Waals surface area contributed by atoms with E-state index in [1.54, 1.807) is 45.9 Å². The Bertz CT molecular complexity index is 816. The highest BCUT2D eigenvalue weighted by Gasteiger charge is 2.32. The molecule has 1 rings (SSSR count). The average Bonchev–Trinajstić information content (AvgIpc) is 2.74. The van der Waals surface area contributed by atoms with E-state index in [1.807, 2.05) is 27.7 Å². The largest absolute Gasteiger partial charge is 0.444 e. The molecule has 0 saturated heterocycles. The van der Waals surface area contributed by atoms with Crippen molar-refractivity contribution in [2.45, 2.75) is 91.6 Å². The number of alkyl carbamates (subject to hydrolysis) is 1. The van der Waals surface area contributed by atoms with Gasteiger partial charge >= 0.3 is 6.09 Å². The predicted octanol–water partition coefficient (Wildman–Crippen LogP) is 2.20. The number of amides is 4. The van der Waals surface area contributed by atoms with Crippen LogP contribution in [0.2, 0.25) is 0 Å². The lowest BCUT2D eigenvalue weighted by Crippen LogP contribution is -2.58. The minimum atomic E-state index is -1.10. The Morgan fingerprint density at radius 3 is 2.36 bits per heavy atom. The average molecular weight is 509 g/mol. The maximum Gasteiger partial charge on any atom is 0.408 e. The summed E-state index contributed by atoms with van der Waals surface area (Å²) in [7, 11) is 0. The molecular weight excluding hydrogens is 464 g/mol. The molecule has 0 aromatic rings. The first-order valence-electron chi connectivity index (χ1n) is 12.5. The van der Waals surface area contributed by atoms with Gasteiger partial charge in [-0.25, -0.2) is 4.79 Å². The van der Waals surface area contributed by atoms with E-state index in [4.69, 9.17) is 9.47 Å². The van der Waals surface area contributed by atoms with Crippen molar-refractivity contribution < 1.29 is 28.7 Å². The molecule has 0 saturated carbocycles. The van der Waals surface area contributed by atoms with Gasteiger partial charge in [-0.1, -0.05) is 45.9 Å². The van der Waals surface area contributed by atoms with Crippen LogP contribution in [0, 0.1) is 11.8 Å². The molecule has 0 spiro atoms. The number of nitrogens with one attached hydrogen (secondary N) is 4. The third-order valence-electron chi connectivity index (χ3n) is 5.12. The quantitative estimate of drug-likeness (QED) is 0.371. The molecule has 204 valence electrons. The lowest BCUT2D eigenvalue weighted by atomic mass is 10.0. The SMILES string of the molecule is CC(C)CO[C@H](C)[C@H](NC(=O)OC(C)(C)C)C(=O)N[C@H]1/C=C/CCNC(=O)/C=C/[C@H](C(C)C)NC1=O. The lowest BCUT2D eigenvalue weighted by molar-refractivity contribution is -0.131. The summed E-state index contributed by atoms with van der Waals surface area (Å²) in [5, 5.41) is 11.0. The molecular formula is C26H44N4O6. The molecule has 10 nitrogen and oxygen atoms in total. The lowest BCUT2D eigenvalue weighted by Gasteiger charge is -2.29. The van der Waals surface area contributed by atoms with Crippen molar-refractivity contribution in [1.29, 1.82) is 0 Å². The van der Waals surface area contributed by atoms with Gasteiger partial charge in [-0.05, 0) is 46.0 Å². The smallest absolute Gasteiger partial charge is 0.408 e. The first kappa shape index (κ1) is 31.2. The van der Waals surface area contributed by atoms with E-state index < -0.39 is 47.7 Å². The molecule has 0 aromatic heterocycles. The van der Waals surface area contributed by atoms with E-state index in [1.165, 1.54) is 6.08 Å². The summed E-state index contributed by atoms with van der Waals surface area (Å²) in [5.74, 6) is -1.03. The molecule has 0 aromatic carbocycles. The van der Waals surface area contributed by atoms with Crippen molar-refractivity contribution in [3.63, 3.8) is 0 Å². The Morgan fingerprint density at radius 1 is 1.11 bits per heavy atom. The van der Waals surface area contributed by atoms with E-state index in [-0.39, 0.29) is 17.7 Å². The highest BCUT2D eigenvalue weighted by molar-refractivity contribution is 5.93. The summed E-state index contributed by atoms with van der Waals surface area (Å²) in [4.78, 5) is 50.8. The molecule has 0 fully saturated rings. The van der Waals surface area contributed by atoms with Gasteiger partial charge in [0.1, 0.15) is 17.7 Å². The Kier molecular flexibility index (Phi) is 12.7. The van der Waals surface area contributed by atoms with Gasteiger partial charge in [0.15, 0.2) is 0 Å². The molecule has 4 atom stereocenters. The second-order valence-corrected chi connectivity index (χ2v) is 10.7. The number of ether oxygens (including phenoxy) is 2. The van der Waals surface area contributed by atoms with Gasteiger partial charge in [0.05, 0.1) is 6.10 Å².